The molecule has 0 amide bonds. The predicted octanol–water partition coefficient (Wildman–Crippen LogP) is 2.13. The third-order valence-electron chi connectivity index (χ3n) is 2.72. The quantitative estimate of drug-likeness (QED) is 0.580. The molecular weight excluding hydrogens is 252 g/mol. The summed E-state index contributed by atoms with van der Waals surface area (Å²) in [4.78, 5) is 21.1. The van der Waals surface area contributed by atoms with E-state index in [1.165, 1.54) is 13.2 Å². The summed E-state index contributed by atoms with van der Waals surface area (Å²) in [5, 5.41) is 22.5. The van der Waals surface area contributed by atoms with Gasteiger partial charge in [0.1, 0.15) is 11.4 Å². The summed E-state index contributed by atoms with van der Waals surface area (Å²) in [6, 6.07) is 4.47. The van der Waals surface area contributed by atoms with Crippen LogP contribution in [0.2, 0.25) is 0 Å². The second-order valence-corrected chi connectivity index (χ2v) is 4.09. The fraction of sp³-hybridized carbons (Fsp3) is 0.417. The number of hydrogen-bond acceptors (Lipinski definition) is 5. The van der Waals surface area contributed by atoms with Crippen molar-refractivity contribution in [3.05, 3.63) is 28.3 Å². The van der Waals surface area contributed by atoms with Crippen LogP contribution in [0.5, 0.6) is 5.75 Å². The lowest BCUT2D eigenvalue weighted by Gasteiger charge is -2.10. The molecular formula is C12H16N2O5. The van der Waals surface area contributed by atoms with E-state index in [9.17, 15) is 14.9 Å². The first-order chi connectivity index (χ1) is 8.95. The number of nitrogens with zero attached hydrogens (tertiary/aromatic N) is 1. The van der Waals surface area contributed by atoms with Crippen molar-refractivity contribution in [3.63, 3.8) is 0 Å². The molecule has 0 bridgehead atoms. The summed E-state index contributed by atoms with van der Waals surface area (Å²) in [5.74, 6) is -0.980. The maximum atomic E-state index is 10.9. The van der Waals surface area contributed by atoms with Crippen LogP contribution in [0.25, 0.3) is 0 Å². The van der Waals surface area contributed by atoms with Gasteiger partial charge < -0.3 is 15.2 Å². The van der Waals surface area contributed by atoms with E-state index >= 15 is 0 Å². The Morgan fingerprint density at radius 2 is 2.26 bits per heavy atom. The number of anilines is 1. The molecule has 0 aliphatic rings. The first kappa shape index (κ1) is 14.7. The van der Waals surface area contributed by atoms with Crippen LogP contribution >= 0.6 is 0 Å². The van der Waals surface area contributed by atoms with Gasteiger partial charge in [0.2, 0.25) is 0 Å². The van der Waals surface area contributed by atoms with E-state index in [2.05, 4.69) is 5.32 Å². The molecule has 7 heteroatoms. The number of rotatable bonds is 7. The Bertz CT molecular complexity index is 475. The molecule has 1 aromatic carbocycles. The van der Waals surface area contributed by atoms with Gasteiger partial charge in [-0.05, 0) is 18.6 Å². The van der Waals surface area contributed by atoms with E-state index in [-0.39, 0.29) is 5.69 Å². The number of carboxylic acids is 1. The summed E-state index contributed by atoms with van der Waals surface area (Å²) >= 11 is 0. The van der Waals surface area contributed by atoms with Gasteiger partial charge in [0.25, 0.3) is 5.69 Å². The molecule has 0 aliphatic heterocycles. The van der Waals surface area contributed by atoms with Crippen LogP contribution in [0.15, 0.2) is 18.2 Å². The number of nitro groups is 1. The average molecular weight is 268 g/mol. The maximum Gasteiger partial charge on any atom is 0.306 e. The van der Waals surface area contributed by atoms with Crippen LogP contribution in [0.3, 0.4) is 0 Å². The van der Waals surface area contributed by atoms with Crippen molar-refractivity contribution in [2.24, 2.45) is 5.92 Å². The van der Waals surface area contributed by atoms with Crippen molar-refractivity contribution >= 4 is 17.3 Å². The third-order valence-corrected chi connectivity index (χ3v) is 2.72. The molecule has 0 saturated heterocycles. The number of hydrogen-bond donors (Lipinski definition) is 2. The van der Waals surface area contributed by atoms with Crippen molar-refractivity contribution in [2.45, 2.75) is 13.3 Å². The molecule has 0 aliphatic carbocycles. The molecule has 1 atom stereocenters. The number of carbonyl (C=O) groups is 1. The van der Waals surface area contributed by atoms with Crippen molar-refractivity contribution in [3.8, 4) is 5.75 Å². The summed E-state index contributed by atoms with van der Waals surface area (Å²) < 4.78 is 4.92. The largest absolute Gasteiger partial charge is 0.496 e. The van der Waals surface area contributed by atoms with E-state index in [1.807, 2.05) is 0 Å². The summed E-state index contributed by atoms with van der Waals surface area (Å²) in [6.45, 7) is 1.94. The highest BCUT2D eigenvalue weighted by Crippen LogP contribution is 2.28. The van der Waals surface area contributed by atoms with Gasteiger partial charge in [-0.3, -0.25) is 14.9 Å². The molecule has 7 nitrogen and oxygen atoms in total. The molecule has 0 spiro atoms. The Kier molecular flexibility index (Phi) is 5.11. The number of nitrogens with one attached hydrogen (secondary N) is 1. The number of aliphatic carboxylic acids is 1. The molecule has 1 unspecified atom stereocenters. The predicted molar refractivity (Wildman–Crippen MR) is 69.6 cm³/mol. The first-order valence-electron chi connectivity index (χ1n) is 5.74. The van der Waals surface area contributed by atoms with Gasteiger partial charge in [0, 0.05) is 6.54 Å². The van der Waals surface area contributed by atoms with Gasteiger partial charge in [0.15, 0.2) is 0 Å². The normalized spacial score (nSPS) is 11.7. The molecule has 2 N–H and O–H groups in total. The van der Waals surface area contributed by atoms with Crippen LogP contribution in [0, 0.1) is 16.0 Å². The van der Waals surface area contributed by atoms with Gasteiger partial charge >= 0.3 is 5.97 Å². The molecule has 0 fully saturated rings. The number of ether oxygens (including phenoxy) is 1. The lowest BCUT2D eigenvalue weighted by atomic mass is 10.1. The van der Waals surface area contributed by atoms with Crippen molar-refractivity contribution in [1.82, 2.24) is 0 Å². The number of carboxylic acid groups (broad SMARTS) is 1. The Balaban J connectivity index is 2.72. The topological polar surface area (TPSA) is 102 Å². The van der Waals surface area contributed by atoms with Gasteiger partial charge in [-0.2, -0.15) is 0 Å². The van der Waals surface area contributed by atoms with Gasteiger partial charge in [-0.15, -0.1) is 0 Å². The van der Waals surface area contributed by atoms with E-state index in [0.717, 1.165) is 0 Å². The van der Waals surface area contributed by atoms with Gasteiger partial charge in [-0.25, -0.2) is 0 Å². The van der Waals surface area contributed by atoms with Gasteiger partial charge in [-0.1, -0.05) is 6.92 Å². The zero-order valence-electron chi connectivity index (χ0n) is 10.8. The Morgan fingerprint density at radius 3 is 2.79 bits per heavy atom. The van der Waals surface area contributed by atoms with Crippen molar-refractivity contribution in [1.29, 1.82) is 0 Å². The van der Waals surface area contributed by atoms with Crippen LogP contribution in [-0.4, -0.2) is 29.7 Å². The molecule has 1 aromatic rings. The van der Waals surface area contributed by atoms with Crippen molar-refractivity contribution in [2.75, 3.05) is 19.0 Å². The number of methoxy groups -OCH3 is 1. The standard InChI is InChI=1S/C12H16N2O5/c1-8(12(15)16)5-6-13-10-4-3-9(19-2)7-11(10)14(17)18/h3-4,7-8,13H,5-6H2,1-2H3,(H,15,16). The number of benzene rings is 1. The molecule has 1 rings (SSSR count). The highest BCUT2D eigenvalue weighted by atomic mass is 16.6. The Labute approximate surface area is 110 Å². The minimum absolute atomic E-state index is 0.0951. The molecule has 0 saturated carbocycles. The minimum Gasteiger partial charge on any atom is -0.496 e. The zero-order valence-corrected chi connectivity index (χ0v) is 10.8. The van der Waals surface area contributed by atoms with Crippen LogP contribution < -0.4 is 10.1 Å². The Morgan fingerprint density at radius 1 is 1.58 bits per heavy atom. The fourth-order valence-corrected chi connectivity index (χ4v) is 1.49. The van der Waals surface area contributed by atoms with E-state index in [4.69, 9.17) is 9.84 Å². The summed E-state index contributed by atoms with van der Waals surface area (Å²) in [5.41, 5.74) is 0.255. The zero-order chi connectivity index (χ0) is 14.4. The SMILES string of the molecule is COc1ccc(NCCC(C)C(=O)O)c([N+](=O)[O-])c1. The molecule has 104 valence electrons. The fourth-order valence-electron chi connectivity index (χ4n) is 1.49. The van der Waals surface area contributed by atoms with Crippen LogP contribution in [-0.2, 0) is 4.79 Å². The van der Waals surface area contributed by atoms with E-state index < -0.39 is 16.8 Å². The van der Waals surface area contributed by atoms with Crippen LogP contribution in [0.1, 0.15) is 13.3 Å². The summed E-state index contributed by atoms with van der Waals surface area (Å²) in [7, 11) is 1.43. The number of nitro benzene ring substituents is 1. The molecule has 0 heterocycles. The lowest BCUT2D eigenvalue weighted by molar-refractivity contribution is -0.384. The highest BCUT2D eigenvalue weighted by molar-refractivity contribution is 5.69. The van der Waals surface area contributed by atoms with E-state index in [0.29, 0.717) is 24.4 Å². The first-order valence-corrected chi connectivity index (χ1v) is 5.74. The second kappa shape index (κ2) is 6.58. The average Bonchev–Trinajstić information content (AvgIpc) is 2.38. The second-order valence-electron chi connectivity index (χ2n) is 4.09. The minimum atomic E-state index is -0.883. The molecule has 0 aromatic heterocycles. The monoisotopic (exact) mass is 268 g/mol. The lowest BCUT2D eigenvalue weighted by Crippen LogP contribution is -2.14. The van der Waals surface area contributed by atoms with E-state index in [1.54, 1.807) is 19.1 Å². The Hall–Kier alpha value is -2.31. The highest BCUT2D eigenvalue weighted by Gasteiger charge is 2.16. The third kappa shape index (κ3) is 4.13. The maximum absolute atomic E-state index is 10.9. The smallest absolute Gasteiger partial charge is 0.306 e. The van der Waals surface area contributed by atoms with Crippen molar-refractivity contribution < 1.29 is 19.6 Å². The summed E-state index contributed by atoms with van der Waals surface area (Å²) in [6.07, 6.45) is 0.387. The van der Waals surface area contributed by atoms with Crippen LogP contribution in [0.4, 0.5) is 11.4 Å². The molecule has 0 radical (unpaired) electrons. The molecule has 19 heavy (non-hydrogen) atoms. The van der Waals surface area contributed by atoms with Gasteiger partial charge in [0.05, 0.1) is 24.0 Å².